The Balaban J connectivity index is 2.20. The van der Waals surface area contributed by atoms with Crippen LogP contribution in [0.2, 0.25) is 0 Å². The van der Waals surface area contributed by atoms with Gasteiger partial charge in [-0.25, -0.2) is 4.98 Å². The molecule has 0 aliphatic heterocycles. The van der Waals surface area contributed by atoms with Crippen LogP contribution in [0.4, 0.5) is 11.6 Å². The smallest absolute Gasteiger partial charge is 0.128 e. The molecule has 0 bridgehead atoms. The Hall–Kier alpha value is -1.29. The zero-order valence-electron chi connectivity index (χ0n) is 9.11. The molecule has 4 nitrogen and oxygen atoms in total. The first-order valence-electron chi connectivity index (χ1n) is 5.29. The molecule has 0 aromatic carbocycles. The topological polar surface area (TPSA) is 71.2 Å². The van der Waals surface area contributed by atoms with Crippen molar-refractivity contribution in [1.82, 2.24) is 4.98 Å². The zero-order valence-corrected chi connectivity index (χ0v) is 9.11. The highest BCUT2D eigenvalue weighted by atomic mass is 16.3. The maximum absolute atomic E-state index is 8.84. The molecule has 1 unspecified atom stereocenters. The van der Waals surface area contributed by atoms with E-state index in [1.165, 1.54) is 0 Å². The summed E-state index contributed by atoms with van der Waals surface area (Å²) in [5.41, 5.74) is 5.55. The second-order valence-electron chi connectivity index (χ2n) is 3.80. The van der Waals surface area contributed by atoms with Crippen LogP contribution in [0.3, 0.4) is 0 Å². The maximum atomic E-state index is 8.84. The van der Waals surface area contributed by atoms with Crippen molar-refractivity contribution >= 4 is 11.6 Å². The van der Waals surface area contributed by atoms with Crippen molar-refractivity contribution in [2.45, 2.75) is 19.8 Å². The lowest BCUT2D eigenvalue weighted by Gasteiger charge is -2.08. The Morgan fingerprint density at radius 2 is 2.33 bits per heavy atom. The van der Waals surface area contributed by atoms with Crippen molar-refractivity contribution in [3.63, 3.8) is 0 Å². The monoisotopic (exact) mass is 209 g/mol. The number of aromatic nitrogens is 1. The largest absolute Gasteiger partial charge is 0.396 e. The van der Waals surface area contributed by atoms with Gasteiger partial charge in [-0.2, -0.15) is 0 Å². The predicted octanol–water partition coefficient (Wildman–Crippen LogP) is 1.48. The fraction of sp³-hybridized carbons (Fsp3) is 0.545. The third-order valence-electron chi connectivity index (χ3n) is 2.26. The van der Waals surface area contributed by atoms with E-state index in [-0.39, 0.29) is 6.61 Å². The van der Waals surface area contributed by atoms with Crippen LogP contribution in [0.25, 0.3) is 0 Å². The van der Waals surface area contributed by atoms with E-state index in [9.17, 15) is 0 Å². The highest BCUT2D eigenvalue weighted by Crippen LogP contribution is 2.07. The van der Waals surface area contributed by atoms with Gasteiger partial charge in [0.25, 0.3) is 0 Å². The number of pyridine rings is 1. The fourth-order valence-corrected chi connectivity index (χ4v) is 1.31. The molecule has 15 heavy (non-hydrogen) atoms. The minimum absolute atomic E-state index is 0.260. The molecular formula is C11H19N3O. The molecule has 1 atom stereocenters. The number of nitrogens with zero attached hydrogens (tertiary/aromatic N) is 1. The summed E-state index contributed by atoms with van der Waals surface area (Å²) in [4.78, 5) is 4.13. The average molecular weight is 209 g/mol. The Labute approximate surface area is 90.5 Å². The van der Waals surface area contributed by atoms with Gasteiger partial charge in [-0.3, -0.25) is 0 Å². The lowest BCUT2D eigenvalue weighted by Crippen LogP contribution is -2.07. The van der Waals surface area contributed by atoms with Crippen LogP contribution < -0.4 is 11.1 Å². The van der Waals surface area contributed by atoms with Gasteiger partial charge in [0.2, 0.25) is 0 Å². The average Bonchev–Trinajstić information content (AvgIpc) is 2.24. The number of aliphatic hydroxyl groups is 1. The number of rotatable bonds is 6. The standard InChI is InChI=1S/C11H19N3O/c1-9(8-15)4-3-7-13-11-6-2-5-10(12)14-11/h2,5-6,9,15H,3-4,7-8H2,1H3,(H3,12,13,14). The molecule has 4 heteroatoms. The first-order chi connectivity index (χ1) is 7.22. The first kappa shape index (κ1) is 11.8. The molecule has 0 aliphatic carbocycles. The third kappa shape index (κ3) is 4.65. The van der Waals surface area contributed by atoms with Crippen molar-refractivity contribution in [1.29, 1.82) is 0 Å². The van der Waals surface area contributed by atoms with Crippen LogP contribution >= 0.6 is 0 Å². The van der Waals surface area contributed by atoms with Crippen LogP contribution in [-0.2, 0) is 0 Å². The Kier molecular flexibility index (Phi) is 4.90. The van der Waals surface area contributed by atoms with Crippen molar-refractivity contribution in [3.8, 4) is 0 Å². The predicted molar refractivity (Wildman–Crippen MR) is 62.6 cm³/mol. The molecule has 1 heterocycles. The molecular weight excluding hydrogens is 190 g/mol. The summed E-state index contributed by atoms with van der Waals surface area (Å²) in [6, 6.07) is 5.53. The summed E-state index contributed by atoms with van der Waals surface area (Å²) in [5.74, 6) is 1.72. The van der Waals surface area contributed by atoms with E-state index < -0.39 is 0 Å². The van der Waals surface area contributed by atoms with E-state index >= 15 is 0 Å². The summed E-state index contributed by atoms with van der Waals surface area (Å²) < 4.78 is 0. The number of hydrogen-bond donors (Lipinski definition) is 3. The SMILES string of the molecule is CC(CO)CCCNc1cccc(N)n1. The second kappa shape index (κ2) is 6.24. The Bertz CT molecular complexity index is 291. The number of aliphatic hydroxyl groups excluding tert-OH is 1. The van der Waals surface area contributed by atoms with E-state index in [1.807, 2.05) is 19.1 Å². The maximum Gasteiger partial charge on any atom is 0.128 e. The minimum Gasteiger partial charge on any atom is -0.396 e. The number of nitrogens with one attached hydrogen (secondary N) is 1. The van der Waals surface area contributed by atoms with Crippen LogP contribution in [0.15, 0.2) is 18.2 Å². The molecule has 84 valence electrons. The molecule has 4 N–H and O–H groups in total. The van der Waals surface area contributed by atoms with Gasteiger partial charge in [0.05, 0.1) is 0 Å². The molecule has 1 aromatic heterocycles. The normalized spacial score (nSPS) is 12.4. The van der Waals surface area contributed by atoms with Gasteiger partial charge in [-0.15, -0.1) is 0 Å². The molecule has 0 fully saturated rings. The second-order valence-corrected chi connectivity index (χ2v) is 3.80. The quantitative estimate of drug-likeness (QED) is 0.621. The van der Waals surface area contributed by atoms with Crippen LogP contribution in [0.1, 0.15) is 19.8 Å². The zero-order chi connectivity index (χ0) is 11.1. The summed E-state index contributed by atoms with van der Waals surface area (Å²) >= 11 is 0. The molecule has 1 rings (SSSR count). The summed E-state index contributed by atoms with van der Waals surface area (Å²) in [6.45, 7) is 3.16. The van der Waals surface area contributed by atoms with E-state index in [1.54, 1.807) is 6.07 Å². The molecule has 0 saturated carbocycles. The molecule has 0 spiro atoms. The van der Waals surface area contributed by atoms with Crippen molar-refractivity contribution in [2.75, 3.05) is 24.2 Å². The Morgan fingerprint density at radius 1 is 1.53 bits per heavy atom. The number of anilines is 2. The van der Waals surface area contributed by atoms with Gasteiger partial charge in [0.1, 0.15) is 11.6 Å². The summed E-state index contributed by atoms with van der Waals surface area (Å²) in [7, 11) is 0. The van der Waals surface area contributed by atoms with Gasteiger partial charge >= 0.3 is 0 Å². The Morgan fingerprint density at radius 3 is 3.00 bits per heavy atom. The molecule has 0 aliphatic rings. The van der Waals surface area contributed by atoms with Crippen LogP contribution in [0.5, 0.6) is 0 Å². The van der Waals surface area contributed by atoms with E-state index in [0.717, 1.165) is 25.2 Å². The van der Waals surface area contributed by atoms with E-state index in [0.29, 0.717) is 11.7 Å². The van der Waals surface area contributed by atoms with Crippen LogP contribution in [0, 0.1) is 5.92 Å². The number of nitrogen functional groups attached to an aromatic ring is 1. The number of hydrogen-bond acceptors (Lipinski definition) is 4. The van der Waals surface area contributed by atoms with Crippen molar-refractivity contribution in [2.24, 2.45) is 5.92 Å². The minimum atomic E-state index is 0.260. The molecule has 1 aromatic rings. The van der Waals surface area contributed by atoms with Gasteiger partial charge < -0.3 is 16.2 Å². The third-order valence-corrected chi connectivity index (χ3v) is 2.26. The van der Waals surface area contributed by atoms with Gasteiger partial charge in [0, 0.05) is 13.2 Å². The number of nitrogens with two attached hydrogens (primary N) is 1. The lowest BCUT2D eigenvalue weighted by atomic mass is 10.1. The van der Waals surface area contributed by atoms with Crippen LogP contribution in [-0.4, -0.2) is 23.2 Å². The highest BCUT2D eigenvalue weighted by Gasteiger charge is 1.99. The van der Waals surface area contributed by atoms with Crippen molar-refractivity contribution < 1.29 is 5.11 Å². The lowest BCUT2D eigenvalue weighted by molar-refractivity contribution is 0.229. The highest BCUT2D eigenvalue weighted by molar-refractivity contribution is 5.41. The fourth-order valence-electron chi connectivity index (χ4n) is 1.31. The van der Waals surface area contributed by atoms with Gasteiger partial charge in [0.15, 0.2) is 0 Å². The summed E-state index contributed by atoms with van der Waals surface area (Å²) in [6.07, 6.45) is 2.05. The molecule has 0 saturated heterocycles. The first-order valence-corrected chi connectivity index (χ1v) is 5.29. The van der Waals surface area contributed by atoms with Crippen molar-refractivity contribution in [3.05, 3.63) is 18.2 Å². The van der Waals surface area contributed by atoms with E-state index in [2.05, 4.69) is 10.3 Å². The van der Waals surface area contributed by atoms with E-state index in [4.69, 9.17) is 10.8 Å². The van der Waals surface area contributed by atoms with Gasteiger partial charge in [-0.05, 0) is 30.9 Å². The molecule has 0 amide bonds. The van der Waals surface area contributed by atoms with Gasteiger partial charge in [-0.1, -0.05) is 13.0 Å². The summed E-state index contributed by atoms with van der Waals surface area (Å²) in [5, 5.41) is 12.0. The molecule has 0 radical (unpaired) electrons.